The summed E-state index contributed by atoms with van der Waals surface area (Å²) in [5.41, 5.74) is 2.11. The normalized spacial score (nSPS) is 12.6. The Morgan fingerprint density at radius 2 is 2.29 bits per heavy atom. The fourth-order valence-corrected chi connectivity index (χ4v) is 1.22. The Labute approximate surface area is 82.5 Å². The molecule has 0 aliphatic rings. The average molecular weight is 197 g/mol. The van der Waals surface area contributed by atoms with Gasteiger partial charge in [-0.1, -0.05) is 6.92 Å². The van der Waals surface area contributed by atoms with Gasteiger partial charge in [0.1, 0.15) is 11.6 Å². The second-order valence-electron chi connectivity index (χ2n) is 3.30. The van der Waals surface area contributed by atoms with E-state index in [1.807, 2.05) is 13.8 Å². The highest BCUT2D eigenvalue weighted by atomic mass is 16.2. The molecule has 0 saturated carbocycles. The van der Waals surface area contributed by atoms with Crippen molar-refractivity contribution in [2.75, 3.05) is 0 Å². The van der Waals surface area contributed by atoms with Gasteiger partial charge in [-0.3, -0.25) is 10.2 Å². The topological polar surface area (TPSA) is 85.8 Å². The predicted molar refractivity (Wildman–Crippen MR) is 51.0 cm³/mol. The fraction of sp³-hybridized carbons (Fsp3) is 0.625. The van der Waals surface area contributed by atoms with E-state index in [4.69, 9.17) is 5.84 Å². The van der Waals surface area contributed by atoms with Crippen molar-refractivity contribution in [1.29, 1.82) is 0 Å². The quantitative estimate of drug-likeness (QED) is 0.389. The minimum absolute atomic E-state index is 0.197. The summed E-state index contributed by atoms with van der Waals surface area (Å²) < 4.78 is 1.70. The highest BCUT2D eigenvalue weighted by Gasteiger charge is 2.14. The molecule has 1 rings (SSSR count). The van der Waals surface area contributed by atoms with Crippen LogP contribution < -0.4 is 11.3 Å². The summed E-state index contributed by atoms with van der Waals surface area (Å²) in [4.78, 5) is 15.3. The van der Waals surface area contributed by atoms with E-state index in [9.17, 15) is 4.79 Å². The Balaban J connectivity index is 2.69. The lowest BCUT2D eigenvalue weighted by Crippen LogP contribution is -2.36. The smallest absolute Gasteiger partial charge is 0.238 e. The van der Waals surface area contributed by atoms with Gasteiger partial charge in [0.15, 0.2) is 0 Å². The lowest BCUT2D eigenvalue weighted by molar-refractivity contribution is -0.125. The van der Waals surface area contributed by atoms with E-state index >= 15 is 0 Å². The Kier molecular flexibility index (Phi) is 3.19. The highest BCUT2D eigenvalue weighted by molar-refractivity contribution is 5.77. The molecule has 78 valence electrons. The number of nitrogens with two attached hydrogens (primary N) is 1. The van der Waals surface area contributed by atoms with Crippen LogP contribution in [0.2, 0.25) is 0 Å². The van der Waals surface area contributed by atoms with Crippen LogP contribution in [0, 0.1) is 19.8 Å². The maximum atomic E-state index is 11.1. The number of amides is 1. The lowest BCUT2D eigenvalue weighted by Gasteiger charge is -2.09. The van der Waals surface area contributed by atoms with Gasteiger partial charge in [0.05, 0.1) is 12.5 Å². The molecule has 1 heterocycles. The highest BCUT2D eigenvalue weighted by Crippen LogP contribution is 2.02. The van der Waals surface area contributed by atoms with Gasteiger partial charge in [-0.15, -0.1) is 0 Å². The number of hydrazine groups is 1. The molecule has 1 atom stereocenters. The maximum Gasteiger partial charge on any atom is 0.238 e. The van der Waals surface area contributed by atoms with Gasteiger partial charge in [-0.25, -0.2) is 15.5 Å². The van der Waals surface area contributed by atoms with Crippen LogP contribution in [-0.2, 0) is 11.3 Å². The van der Waals surface area contributed by atoms with Crippen LogP contribution in [-0.4, -0.2) is 20.7 Å². The van der Waals surface area contributed by atoms with Crippen molar-refractivity contribution in [3.63, 3.8) is 0 Å². The largest absolute Gasteiger partial charge is 0.294 e. The van der Waals surface area contributed by atoms with E-state index in [0.29, 0.717) is 12.4 Å². The number of carbonyl (C=O) groups is 1. The second-order valence-corrected chi connectivity index (χ2v) is 3.30. The first kappa shape index (κ1) is 10.6. The van der Waals surface area contributed by atoms with Gasteiger partial charge in [0, 0.05) is 0 Å². The lowest BCUT2D eigenvalue weighted by atomic mass is 10.2. The van der Waals surface area contributed by atoms with Crippen LogP contribution in [0.1, 0.15) is 18.6 Å². The summed E-state index contributed by atoms with van der Waals surface area (Å²) in [7, 11) is 0. The summed E-state index contributed by atoms with van der Waals surface area (Å²) >= 11 is 0. The van der Waals surface area contributed by atoms with E-state index in [2.05, 4.69) is 15.5 Å². The van der Waals surface area contributed by atoms with Crippen LogP contribution in [0.4, 0.5) is 0 Å². The molecule has 1 aromatic heterocycles. The van der Waals surface area contributed by atoms with Crippen molar-refractivity contribution < 1.29 is 4.79 Å². The van der Waals surface area contributed by atoms with Gasteiger partial charge >= 0.3 is 0 Å². The third-order valence-corrected chi connectivity index (χ3v) is 2.00. The molecule has 0 aliphatic carbocycles. The molecular formula is C8H15N5O. The number of carbonyl (C=O) groups excluding carboxylic acids is 1. The molecule has 0 spiro atoms. The Hall–Kier alpha value is -1.43. The van der Waals surface area contributed by atoms with E-state index in [-0.39, 0.29) is 11.8 Å². The first-order valence-electron chi connectivity index (χ1n) is 4.43. The van der Waals surface area contributed by atoms with Crippen molar-refractivity contribution in [2.24, 2.45) is 11.8 Å². The van der Waals surface area contributed by atoms with Crippen molar-refractivity contribution in [2.45, 2.75) is 27.3 Å². The number of aromatic nitrogens is 3. The molecule has 1 aromatic rings. The Bertz CT molecular complexity index is 332. The van der Waals surface area contributed by atoms with Gasteiger partial charge in [-0.05, 0) is 13.8 Å². The summed E-state index contributed by atoms with van der Waals surface area (Å²) in [5, 5.41) is 4.15. The molecule has 0 bridgehead atoms. The minimum atomic E-state index is -0.209. The van der Waals surface area contributed by atoms with Crippen LogP contribution in [0.15, 0.2) is 0 Å². The number of nitrogens with zero attached hydrogens (tertiary/aromatic N) is 3. The number of rotatable bonds is 3. The molecule has 14 heavy (non-hydrogen) atoms. The molecule has 3 N–H and O–H groups in total. The number of aryl methyl sites for hydroxylation is 2. The van der Waals surface area contributed by atoms with Crippen LogP contribution in [0.5, 0.6) is 0 Å². The van der Waals surface area contributed by atoms with Crippen molar-refractivity contribution >= 4 is 5.91 Å². The monoisotopic (exact) mass is 197 g/mol. The summed E-state index contributed by atoms with van der Waals surface area (Å²) in [6.45, 7) is 5.96. The van der Waals surface area contributed by atoms with Crippen molar-refractivity contribution in [1.82, 2.24) is 20.2 Å². The standard InChI is InChI=1S/C8H15N5O/c1-5(8(14)11-9)4-13-7(3)10-6(2)12-13/h5H,4,9H2,1-3H3,(H,11,14)/t5-/m0/s1. The summed E-state index contributed by atoms with van der Waals surface area (Å²) in [6, 6.07) is 0. The summed E-state index contributed by atoms with van der Waals surface area (Å²) in [5.74, 6) is 6.14. The zero-order chi connectivity index (χ0) is 10.7. The molecule has 6 nitrogen and oxygen atoms in total. The predicted octanol–water partition coefficient (Wildman–Crippen LogP) is -0.479. The van der Waals surface area contributed by atoms with Crippen molar-refractivity contribution in [3.8, 4) is 0 Å². The molecule has 0 saturated heterocycles. The average Bonchev–Trinajstić information content (AvgIpc) is 2.44. The molecule has 0 radical (unpaired) electrons. The Morgan fingerprint density at radius 3 is 2.71 bits per heavy atom. The third-order valence-electron chi connectivity index (χ3n) is 2.00. The van der Waals surface area contributed by atoms with E-state index in [0.717, 1.165) is 5.82 Å². The molecule has 1 amide bonds. The van der Waals surface area contributed by atoms with Gasteiger partial charge < -0.3 is 0 Å². The SMILES string of the molecule is Cc1nc(C)n(C[C@H](C)C(=O)NN)n1. The van der Waals surface area contributed by atoms with Crippen molar-refractivity contribution in [3.05, 3.63) is 11.6 Å². The minimum Gasteiger partial charge on any atom is -0.294 e. The first-order chi connectivity index (χ1) is 6.54. The van der Waals surface area contributed by atoms with E-state index in [1.54, 1.807) is 11.6 Å². The zero-order valence-electron chi connectivity index (χ0n) is 8.61. The number of hydrogen-bond acceptors (Lipinski definition) is 4. The first-order valence-corrected chi connectivity index (χ1v) is 4.43. The zero-order valence-corrected chi connectivity index (χ0v) is 8.61. The second kappa shape index (κ2) is 4.19. The van der Waals surface area contributed by atoms with E-state index < -0.39 is 0 Å². The van der Waals surface area contributed by atoms with Crippen LogP contribution in [0.3, 0.4) is 0 Å². The molecule has 0 fully saturated rings. The van der Waals surface area contributed by atoms with Crippen LogP contribution >= 0.6 is 0 Å². The molecule has 0 aliphatic heterocycles. The maximum absolute atomic E-state index is 11.1. The van der Waals surface area contributed by atoms with Crippen LogP contribution in [0.25, 0.3) is 0 Å². The Morgan fingerprint density at radius 1 is 1.64 bits per heavy atom. The molecule has 6 heteroatoms. The number of hydrogen-bond donors (Lipinski definition) is 2. The van der Waals surface area contributed by atoms with Gasteiger partial charge in [-0.2, -0.15) is 5.10 Å². The molecule has 0 aromatic carbocycles. The summed E-state index contributed by atoms with van der Waals surface area (Å²) in [6.07, 6.45) is 0. The van der Waals surface area contributed by atoms with Gasteiger partial charge in [0.2, 0.25) is 5.91 Å². The number of nitrogens with one attached hydrogen (secondary N) is 1. The molecule has 0 unspecified atom stereocenters. The third kappa shape index (κ3) is 2.29. The molecular weight excluding hydrogens is 182 g/mol. The van der Waals surface area contributed by atoms with E-state index in [1.165, 1.54) is 0 Å². The fourth-order valence-electron chi connectivity index (χ4n) is 1.22. The van der Waals surface area contributed by atoms with Gasteiger partial charge in [0.25, 0.3) is 0 Å².